The lowest BCUT2D eigenvalue weighted by Crippen LogP contribution is -2.29. The molecule has 1 aliphatic heterocycles. The van der Waals surface area contributed by atoms with Gasteiger partial charge in [0.1, 0.15) is 0 Å². The summed E-state index contributed by atoms with van der Waals surface area (Å²) in [5.41, 5.74) is 1.94. The van der Waals surface area contributed by atoms with Crippen LogP contribution in [0.3, 0.4) is 0 Å². The van der Waals surface area contributed by atoms with E-state index in [1.807, 2.05) is 24.3 Å². The van der Waals surface area contributed by atoms with Crippen LogP contribution in [-0.4, -0.2) is 21.5 Å². The zero-order valence-corrected chi connectivity index (χ0v) is 9.42. The zero-order chi connectivity index (χ0) is 10.9. The van der Waals surface area contributed by atoms with Crippen molar-refractivity contribution >= 4 is 15.9 Å². The Morgan fingerprint density at radius 1 is 1.33 bits per heavy atom. The van der Waals surface area contributed by atoms with E-state index >= 15 is 0 Å². The van der Waals surface area contributed by atoms with Crippen LogP contribution in [0.5, 0.6) is 0 Å². The van der Waals surface area contributed by atoms with Gasteiger partial charge in [-0.25, -0.2) is 0 Å². The summed E-state index contributed by atoms with van der Waals surface area (Å²) in [6, 6.07) is 7.62. The number of nitrogens with one attached hydrogen (secondary N) is 1. The van der Waals surface area contributed by atoms with Crippen molar-refractivity contribution in [2.45, 2.75) is 13.3 Å². The molecule has 2 rings (SSSR count). The molecule has 4 nitrogen and oxygen atoms in total. The van der Waals surface area contributed by atoms with E-state index in [2.05, 4.69) is 11.6 Å². The molecule has 15 heavy (non-hydrogen) atoms. The molecule has 1 aliphatic rings. The second-order valence-electron chi connectivity index (χ2n) is 3.49. The van der Waals surface area contributed by atoms with Gasteiger partial charge in [0.25, 0.3) is 0 Å². The first-order valence-electron chi connectivity index (χ1n) is 5.00. The molecule has 0 aromatic heterocycles. The van der Waals surface area contributed by atoms with E-state index in [4.69, 9.17) is 0 Å². The summed E-state index contributed by atoms with van der Waals surface area (Å²) < 4.78 is 26.9. The highest BCUT2D eigenvalue weighted by atomic mass is 32.2. The van der Waals surface area contributed by atoms with Crippen molar-refractivity contribution in [3.63, 3.8) is 0 Å². The Hall–Kier alpha value is -1.07. The van der Waals surface area contributed by atoms with Gasteiger partial charge in [-0.1, -0.05) is 19.1 Å². The lowest BCUT2D eigenvalue weighted by Gasteiger charge is -2.15. The molecule has 0 spiro atoms. The van der Waals surface area contributed by atoms with E-state index in [9.17, 15) is 8.42 Å². The lowest BCUT2D eigenvalue weighted by atomic mass is 10.1. The molecule has 1 fully saturated rings. The molecule has 0 aliphatic carbocycles. The molecular formula is C10H14N2O2S. The molecule has 0 bridgehead atoms. The molecule has 5 heteroatoms. The molecule has 0 radical (unpaired) electrons. The van der Waals surface area contributed by atoms with Crippen LogP contribution in [-0.2, 0) is 16.6 Å². The summed E-state index contributed by atoms with van der Waals surface area (Å²) in [5.74, 6) is 0. The van der Waals surface area contributed by atoms with Crippen LogP contribution in [0.1, 0.15) is 12.5 Å². The third-order valence-electron chi connectivity index (χ3n) is 2.52. The lowest BCUT2D eigenvalue weighted by molar-refractivity contribution is 0.591. The first-order chi connectivity index (χ1) is 7.13. The monoisotopic (exact) mass is 226 g/mol. The quantitative estimate of drug-likeness (QED) is 0.814. The van der Waals surface area contributed by atoms with Crippen molar-refractivity contribution in [1.82, 2.24) is 4.72 Å². The molecule has 0 saturated carbocycles. The molecule has 1 N–H and O–H groups in total. The van der Waals surface area contributed by atoms with Crippen molar-refractivity contribution in [2.75, 3.05) is 17.4 Å². The first-order valence-corrected chi connectivity index (χ1v) is 6.44. The van der Waals surface area contributed by atoms with Gasteiger partial charge in [-0.3, -0.25) is 4.31 Å². The summed E-state index contributed by atoms with van der Waals surface area (Å²) in [5, 5.41) is 0. The summed E-state index contributed by atoms with van der Waals surface area (Å²) in [6.07, 6.45) is 0.964. The standard InChI is InChI=1S/C10H14N2O2S/c1-2-9-3-5-10(6-4-9)12-8-7-11-15(12,13)14/h3-6,11H,2,7-8H2,1H3. The van der Waals surface area contributed by atoms with Crippen molar-refractivity contribution in [3.8, 4) is 0 Å². The number of anilines is 1. The van der Waals surface area contributed by atoms with Crippen molar-refractivity contribution in [3.05, 3.63) is 29.8 Å². The van der Waals surface area contributed by atoms with E-state index < -0.39 is 10.2 Å². The average molecular weight is 226 g/mol. The fourth-order valence-corrected chi connectivity index (χ4v) is 2.88. The number of benzene rings is 1. The first kappa shape index (κ1) is 10.4. The van der Waals surface area contributed by atoms with Gasteiger partial charge >= 0.3 is 10.2 Å². The van der Waals surface area contributed by atoms with E-state index in [1.54, 1.807) is 0 Å². The highest BCUT2D eigenvalue weighted by Crippen LogP contribution is 2.20. The molecule has 1 aromatic rings. The minimum atomic E-state index is -3.28. The second-order valence-corrected chi connectivity index (χ2v) is 5.17. The molecule has 82 valence electrons. The minimum absolute atomic E-state index is 0.484. The molecule has 1 aromatic carbocycles. The van der Waals surface area contributed by atoms with Crippen molar-refractivity contribution < 1.29 is 8.42 Å². The molecule has 0 atom stereocenters. The number of nitrogens with zero attached hydrogens (tertiary/aromatic N) is 1. The average Bonchev–Trinajstić information content (AvgIpc) is 2.58. The molecular weight excluding hydrogens is 212 g/mol. The topological polar surface area (TPSA) is 49.4 Å². The third kappa shape index (κ3) is 1.98. The Bertz CT molecular complexity index is 439. The second kappa shape index (κ2) is 3.83. The normalized spacial score (nSPS) is 19.4. The minimum Gasteiger partial charge on any atom is -0.257 e. The van der Waals surface area contributed by atoms with Crippen LogP contribution in [0.2, 0.25) is 0 Å². The van der Waals surface area contributed by atoms with Crippen LogP contribution in [0.4, 0.5) is 5.69 Å². The van der Waals surface area contributed by atoms with E-state index in [0.717, 1.165) is 12.1 Å². The van der Waals surface area contributed by atoms with E-state index in [1.165, 1.54) is 9.87 Å². The maximum absolute atomic E-state index is 11.5. The van der Waals surface area contributed by atoms with Crippen LogP contribution >= 0.6 is 0 Å². The van der Waals surface area contributed by atoms with E-state index in [-0.39, 0.29) is 0 Å². The highest BCUT2D eigenvalue weighted by molar-refractivity contribution is 7.91. The Labute approximate surface area is 90.1 Å². The Morgan fingerprint density at radius 2 is 2.00 bits per heavy atom. The van der Waals surface area contributed by atoms with Gasteiger partial charge in [0, 0.05) is 13.1 Å². The van der Waals surface area contributed by atoms with Gasteiger partial charge in [0.2, 0.25) is 0 Å². The van der Waals surface area contributed by atoms with Gasteiger partial charge in [-0.05, 0) is 24.1 Å². The fraction of sp³-hybridized carbons (Fsp3) is 0.400. The van der Waals surface area contributed by atoms with Gasteiger partial charge in [-0.2, -0.15) is 13.1 Å². The maximum atomic E-state index is 11.5. The highest BCUT2D eigenvalue weighted by Gasteiger charge is 2.27. The predicted octanol–water partition coefficient (Wildman–Crippen LogP) is 0.903. The molecule has 1 saturated heterocycles. The van der Waals surface area contributed by atoms with Gasteiger partial charge in [0.15, 0.2) is 0 Å². The van der Waals surface area contributed by atoms with Crippen LogP contribution in [0.15, 0.2) is 24.3 Å². The number of hydrogen-bond donors (Lipinski definition) is 1. The summed E-state index contributed by atoms with van der Waals surface area (Å²) in [4.78, 5) is 0. The van der Waals surface area contributed by atoms with Crippen molar-refractivity contribution in [2.24, 2.45) is 0 Å². The Kier molecular flexibility index (Phi) is 2.67. The van der Waals surface area contributed by atoms with Gasteiger partial charge in [-0.15, -0.1) is 0 Å². The smallest absolute Gasteiger partial charge is 0.257 e. The van der Waals surface area contributed by atoms with Crippen molar-refractivity contribution in [1.29, 1.82) is 0 Å². The fourth-order valence-electron chi connectivity index (χ4n) is 1.64. The summed E-state index contributed by atoms with van der Waals surface area (Å²) in [7, 11) is -3.28. The molecule has 0 unspecified atom stereocenters. The molecule has 1 heterocycles. The largest absolute Gasteiger partial charge is 0.301 e. The van der Waals surface area contributed by atoms with Crippen LogP contribution in [0.25, 0.3) is 0 Å². The van der Waals surface area contributed by atoms with Crippen LogP contribution < -0.4 is 9.03 Å². The predicted molar refractivity (Wildman–Crippen MR) is 60.1 cm³/mol. The van der Waals surface area contributed by atoms with Gasteiger partial charge in [0.05, 0.1) is 5.69 Å². The zero-order valence-electron chi connectivity index (χ0n) is 8.60. The number of rotatable bonds is 2. The summed E-state index contributed by atoms with van der Waals surface area (Å²) in [6.45, 7) is 3.06. The maximum Gasteiger partial charge on any atom is 0.301 e. The molecule has 0 amide bonds. The number of aryl methyl sites for hydroxylation is 1. The number of hydrogen-bond acceptors (Lipinski definition) is 2. The van der Waals surface area contributed by atoms with Gasteiger partial charge < -0.3 is 0 Å². The SMILES string of the molecule is CCc1ccc(N2CCNS2(=O)=O)cc1. The third-order valence-corrected chi connectivity index (χ3v) is 4.06. The van der Waals surface area contributed by atoms with E-state index in [0.29, 0.717) is 13.1 Å². The Morgan fingerprint density at radius 3 is 2.47 bits per heavy atom. The van der Waals surface area contributed by atoms with Crippen LogP contribution in [0, 0.1) is 0 Å². The summed E-state index contributed by atoms with van der Waals surface area (Å²) >= 11 is 0. The Balaban J connectivity index is 2.30.